The van der Waals surface area contributed by atoms with E-state index in [2.05, 4.69) is 10.1 Å². The van der Waals surface area contributed by atoms with Gasteiger partial charge in [-0.25, -0.2) is 4.79 Å². The molecule has 0 radical (unpaired) electrons. The number of hydrogen-bond acceptors (Lipinski definition) is 3. The minimum absolute atomic E-state index is 0.175. The molecule has 0 spiro atoms. The third-order valence-corrected chi connectivity index (χ3v) is 2.86. The van der Waals surface area contributed by atoms with E-state index in [1.54, 1.807) is 13.8 Å². The molecule has 2 amide bonds. The summed E-state index contributed by atoms with van der Waals surface area (Å²) >= 11 is 0. The molecule has 0 saturated heterocycles. The van der Waals surface area contributed by atoms with Crippen molar-refractivity contribution in [1.29, 1.82) is 0 Å². The number of nitrogens with one attached hydrogen (secondary N) is 1. The molecule has 0 fully saturated rings. The van der Waals surface area contributed by atoms with Crippen molar-refractivity contribution in [3.8, 4) is 0 Å². The van der Waals surface area contributed by atoms with Gasteiger partial charge >= 0.3 is 12.2 Å². The van der Waals surface area contributed by atoms with Gasteiger partial charge in [0.25, 0.3) is 0 Å². The predicted molar refractivity (Wildman–Crippen MR) is 77.3 cm³/mol. The van der Waals surface area contributed by atoms with Crippen molar-refractivity contribution in [2.45, 2.75) is 39.5 Å². The van der Waals surface area contributed by atoms with E-state index in [-0.39, 0.29) is 12.5 Å². The van der Waals surface area contributed by atoms with E-state index in [0.717, 1.165) is 6.26 Å². The van der Waals surface area contributed by atoms with Crippen molar-refractivity contribution in [2.75, 3.05) is 26.2 Å². The number of nitrogens with zero attached hydrogens (tertiary/aromatic N) is 1. The van der Waals surface area contributed by atoms with Gasteiger partial charge < -0.3 is 20.1 Å². The molecule has 0 aromatic carbocycles. The maximum Gasteiger partial charge on any atom is 0.422 e. The highest BCUT2D eigenvalue weighted by atomic mass is 19.4. The van der Waals surface area contributed by atoms with Crippen molar-refractivity contribution in [1.82, 2.24) is 10.2 Å². The Kier molecular flexibility index (Phi) is 8.29. The molecule has 0 aliphatic carbocycles. The Morgan fingerprint density at radius 1 is 1.36 bits per heavy atom. The highest BCUT2D eigenvalue weighted by Crippen LogP contribution is 2.31. The average molecular weight is 326 g/mol. The summed E-state index contributed by atoms with van der Waals surface area (Å²) in [6.07, 6.45) is -3.65. The Morgan fingerprint density at radius 3 is 2.36 bits per heavy atom. The summed E-state index contributed by atoms with van der Waals surface area (Å²) < 4.78 is 43.5. The maximum atomic E-state index is 13.0. The molecule has 0 aromatic rings. The van der Waals surface area contributed by atoms with Crippen LogP contribution < -0.4 is 5.32 Å². The zero-order chi connectivity index (χ0) is 17.4. The Bertz CT molecular complexity index is 373. The number of alkyl halides is 3. The number of halogens is 3. The summed E-state index contributed by atoms with van der Waals surface area (Å²) in [5.74, 6) is 0.185. The lowest BCUT2D eigenvalue weighted by Gasteiger charge is -2.29. The number of hydrogen-bond donors (Lipinski definition) is 2. The molecule has 1 atom stereocenters. The molecule has 0 aliphatic heterocycles. The van der Waals surface area contributed by atoms with Crippen LogP contribution in [0, 0.1) is 5.92 Å². The lowest BCUT2D eigenvalue weighted by molar-refractivity contribution is -0.237. The first-order valence-corrected chi connectivity index (χ1v) is 7.18. The van der Waals surface area contributed by atoms with E-state index in [1.165, 1.54) is 4.90 Å². The fraction of sp³-hybridized carbons (Fsp3) is 0.786. The molecule has 0 heterocycles. The Hall–Kier alpha value is -1.44. The lowest BCUT2D eigenvalue weighted by atomic mass is 10.0. The van der Waals surface area contributed by atoms with Crippen molar-refractivity contribution >= 4 is 6.03 Å². The van der Waals surface area contributed by atoms with Gasteiger partial charge in [-0.1, -0.05) is 13.8 Å². The normalized spacial score (nSPS) is 15.0. The van der Waals surface area contributed by atoms with Crippen LogP contribution in [0.2, 0.25) is 0 Å². The molecule has 0 rings (SSSR count). The fourth-order valence-corrected chi connectivity index (χ4v) is 1.63. The largest absolute Gasteiger partial charge is 0.502 e. The van der Waals surface area contributed by atoms with Crippen LogP contribution >= 0.6 is 0 Å². The Morgan fingerprint density at radius 2 is 1.95 bits per heavy atom. The molecule has 0 aromatic heterocycles. The molecule has 1 unspecified atom stereocenters. The summed E-state index contributed by atoms with van der Waals surface area (Å²) in [7, 11) is 0. The van der Waals surface area contributed by atoms with Gasteiger partial charge in [-0.15, -0.1) is 0 Å². The molecule has 22 heavy (non-hydrogen) atoms. The van der Waals surface area contributed by atoms with Crippen LogP contribution in [0.3, 0.4) is 0 Å². The van der Waals surface area contributed by atoms with Crippen LogP contribution in [-0.2, 0) is 4.74 Å². The van der Waals surface area contributed by atoms with Crippen LogP contribution in [0.15, 0.2) is 12.3 Å². The second-order valence-electron chi connectivity index (χ2n) is 5.27. The number of amides is 2. The van der Waals surface area contributed by atoms with E-state index in [4.69, 9.17) is 0 Å². The van der Waals surface area contributed by atoms with Crippen LogP contribution in [0.1, 0.15) is 27.7 Å². The first-order valence-electron chi connectivity index (χ1n) is 7.18. The van der Waals surface area contributed by atoms with Crippen molar-refractivity contribution in [3.05, 3.63) is 12.3 Å². The van der Waals surface area contributed by atoms with Gasteiger partial charge in [-0.2, -0.15) is 13.2 Å². The van der Waals surface area contributed by atoms with Gasteiger partial charge in [0.15, 0.2) is 5.60 Å². The van der Waals surface area contributed by atoms with Crippen LogP contribution in [-0.4, -0.2) is 54.1 Å². The van der Waals surface area contributed by atoms with Crippen molar-refractivity contribution < 1.29 is 27.8 Å². The molecular weight excluding hydrogens is 301 g/mol. The quantitative estimate of drug-likeness (QED) is 0.674. The number of carbonyl (C=O) groups is 1. The number of carbonyl (C=O) groups excluding carboxylic acids is 1. The van der Waals surface area contributed by atoms with Crippen LogP contribution in [0.4, 0.5) is 18.0 Å². The number of urea groups is 1. The third kappa shape index (κ3) is 6.55. The number of aliphatic hydroxyl groups is 1. The van der Waals surface area contributed by atoms with Crippen LogP contribution in [0.25, 0.3) is 0 Å². The fourth-order valence-electron chi connectivity index (χ4n) is 1.63. The monoisotopic (exact) mass is 326 g/mol. The topological polar surface area (TPSA) is 61.8 Å². The first kappa shape index (κ1) is 20.6. The highest BCUT2D eigenvalue weighted by molar-refractivity contribution is 5.74. The maximum absolute atomic E-state index is 13.0. The minimum Gasteiger partial charge on any atom is -0.502 e. The van der Waals surface area contributed by atoms with E-state index >= 15 is 0 Å². The van der Waals surface area contributed by atoms with E-state index in [9.17, 15) is 23.1 Å². The van der Waals surface area contributed by atoms with Gasteiger partial charge in [0.05, 0.1) is 19.4 Å². The summed E-state index contributed by atoms with van der Waals surface area (Å²) in [4.78, 5) is 13.3. The van der Waals surface area contributed by atoms with E-state index in [1.807, 2.05) is 13.8 Å². The summed E-state index contributed by atoms with van der Waals surface area (Å²) in [6.45, 7) is 7.10. The number of ether oxygens (including phenoxy) is 1. The molecule has 0 aliphatic rings. The lowest BCUT2D eigenvalue weighted by Crippen LogP contribution is -2.54. The zero-order valence-corrected chi connectivity index (χ0v) is 13.4. The first-order chi connectivity index (χ1) is 10.1. The predicted octanol–water partition coefficient (Wildman–Crippen LogP) is 2.52. The second-order valence-corrected chi connectivity index (χ2v) is 5.27. The van der Waals surface area contributed by atoms with Gasteiger partial charge in [0.1, 0.15) is 0 Å². The molecule has 130 valence electrons. The van der Waals surface area contributed by atoms with Gasteiger partial charge in [-0.05, 0) is 25.8 Å². The van der Waals surface area contributed by atoms with Gasteiger partial charge in [-0.3, -0.25) is 0 Å². The van der Waals surface area contributed by atoms with Crippen LogP contribution in [0.5, 0.6) is 0 Å². The average Bonchev–Trinajstić information content (AvgIpc) is 2.41. The molecule has 5 nitrogen and oxygen atoms in total. The van der Waals surface area contributed by atoms with E-state index in [0.29, 0.717) is 19.2 Å². The van der Waals surface area contributed by atoms with Crippen molar-refractivity contribution in [2.24, 2.45) is 5.92 Å². The van der Waals surface area contributed by atoms with Crippen molar-refractivity contribution in [3.63, 3.8) is 0 Å². The number of rotatable bonds is 8. The summed E-state index contributed by atoms with van der Waals surface area (Å²) in [5.41, 5.74) is -3.17. The second kappa shape index (κ2) is 8.87. The molecule has 0 saturated carbocycles. The minimum atomic E-state index is -4.93. The molecule has 0 bridgehead atoms. The Labute approximate surface area is 129 Å². The third-order valence-electron chi connectivity index (χ3n) is 2.86. The van der Waals surface area contributed by atoms with Gasteiger partial charge in [0.2, 0.25) is 0 Å². The van der Waals surface area contributed by atoms with Gasteiger partial charge in [0, 0.05) is 13.1 Å². The van der Waals surface area contributed by atoms with E-state index < -0.39 is 24.4 Å². The highest BCUT2D eigenvalue weighted by Gasteiger charge is 2.52. The molecule has 8 heteroatoms. The zero-order valence-electron chi connectivity index (χ0n) is 13.4. The molecular formula is C14H25F3N2O3. The molecule has 2 N–H and O–H groups in total. The smallest absolute Gasteiger partial charge is 0.422 e. The summed E-state index contributed by atoms with van der Waals surface area (Å²) in [6, 6.07) is -0.649. The Balaban J connectivity index is 4.86. The summed E-state index contributed by atoms with van der Waals surface area (Å²) in [5, 5.41) is 11.9. The standard InChI is InChI=1S/C14H25F3N2O3/c1-5-19(9-11(3)4)12(20)18-10-13(21,14(15,16)17)7-8-22-6-2/h7-8,11,21H,5-6,9-10H2,1-4H3,(H,18,20)/b8-7+. The SMILES string of the molecule is CCO/C=C/C(O)(CNC(=O)N(CC)CC(C)C)C(F)(F)F.